The van der Waals surface area contributed by atoms with Gasteiger partial charge < -0.3 is 9.84 Å². The number of benzene rings is 1. The first-order valence-corrected chi connectivity index (χ1v) is 5.74. The Morgan fingerprint density at radius 2 is 2.00 bits per heavy atom. The Morgan fingerprint density at radius 3 is 2.47 bits per heavy atom. The number of carbonyl (C=O) groups excluding carboxylic acids is 3. The van der Waals surface area contributed by atoms with E-state index >= 15 is 0 Å². The van der Waals surface area contributed by atoms with E-state index in [1.807, 2.05) is 0 Å². The number of imide groups is 1. The molecule has 2 N–H and O–H groups in total. The van der Waals surface area contributed by atoms with Crippen LogP contribution in [0.15, 0.2) is 24.3 Å². The summed E-state index contributed by atoms with van der Waals surface area (Å²) in [5, 5.41) is 12.4. The maximum absolute atomic E-state index is 11.8. The Balaban J connectivity index is 3.25. The monoisotopic (exact) mass is 285 g/mol. The largest absolute Gasteiger partial charge is 0.463 e. The molecule has 0 aliphatic rings. The molecule has 0 aromatic heterocycles. The molecular formula is C12H12ClNO5. The average molecular weight is 286 g/mol. The molecule has 1 aromatic rings. The molecule has 0 bridgehead atoms. The quantitative estimate of drug-likeness (QED) is 0.463. The van der Waals surface area contributed by atoms with Gasteiger partial charge in [0.1, 0.15) is 0 Å². The van der Waals surface area contributed by atoms with Crippen molar-refractivity contribution in [2.24, 2.45) is 0 Å². The van der Waals surface area contributed by atoms with Gasteiger partial charge in [-0.05, 0) is 19.1 Å². The molecule has 0 spiro atoms. The van der Waals surface area contributed by atoms with Crippen LogP contribution in [-0.2, 0) is 24.7 Å². The molecule has 102 valence electrons. The van der Waals surface area contributed by atoms with Gasteiger partial charge in [-0.15, -0.1) is 0 Å². The van der Waals surface area contributed by atoms with Crippen LogP contribution in [0.2, 0.25) is 5.02 Å². The number of halogens is 1. The van der Waals surface area contributed by atoms with E-state index in [0.29, 0.717) is 5.02 Å². The van der Waals surface area contributed by atoms with Gasteiger partial charge in [-0.2, -0.15) is 0 Å². The lowest BCUT2D eigenvalue weighted by molar-refractivity contribution is -0.172. The van der Waals surface area contributed by atoms with Crippen LogP contribution in [0.1, 0.15) is 12.5 Å². The van der Waals surface area contributed by atoms with Gasteiger partial charge >= 0.3 is 5.97 Å². The van der Waals surface area contributed by atoms with E-state index < -0.39 is 17.5 Å². The van der Waals surface area contributed by atoms with E-state index in [-0.39, 0.29) is 18.6 Å². The predicted molar refractivity (Wildman–Crippen MR) is 66.2 cm³/mol. The number of hydrogen-bond acceptors (Lipinski definition) is 5. The van der Waals surface area contributed by atoms with E-state index in [9.17, 15) is 19.5 Å². The molecule has 0 radical (unpaired) electrons. The maximum Gasteiger partial charge on any atom is 0.353 e. The molecule has 0 aliphatic heterocycles. The first kappa shape index (κ1) is 15.1. The summed E-state index contributed by atoms with van der Waals surface area (Å²) < 4.78 is 4.66. The molecule has 7 heteroatoms. The van der Waals surface area contributed by atoms with Crippen LogP contribution in [0.3, 0.4) is 0 Å². The number of amides is 2. The van der Waals surface area contributed by atoms with Gasteiger partial charge in [-0.1, -0.05) is 23.7 Å². The molecule has 0 aliphatic carbocycles. The van der Waals surface area contributed by atoms with Gasteiger partial charge in [-0.3, -0.25) is 14.9 Å². The number of esters is 1. The minimum Gasteiger partial charge on any atom is -0.463 e. The second kappa shape index (κ2) is 6.31. The zero-order valence-corrected chi connectivity index (χ0v) is 10.8. The van der Waals surface area contributed by atoms with Crippen molar-refractivity contribution in [3.63, 3.8) is 0 Å². The molecule has 0 fully saturated rings. The van der Waals surface area contributed by atoms with E-state index in [4.69, 9.17) is 11.6 Å². The number of rotatable bonds is 5. The molecule has 6 nitrogen and oxygen atoms in total. The molecule has 2 amide bonds. The molecule has 1 rings (SSSR count). The van der Waals surface area contributed by atoms with Crippen LogP contribution in [0.4, 0.5) is 0 Å². The van der Waals surface area contributed by atoms with Crippen molar-refractivity contribution in [1.82, 2.24) is 5.32 Å². The molecule has 0 heterocycles. The Bertz CT molecular complexity index is 487. The number of carbonyl (C=O) groups is 3. The van der Waals surface area contributed by atoms with E-state index in [2.05, 4.69) is 4.74 Å². The fraction of sp³-hybridized carbons (Fsp3) is 0.250. The van der Waals surface area contributed by atoms with E-state index in [0.717, 1.165) is 0 Å². The summed E-state index contributed by atoms with van der Waals surface area (Å²) in [6, 6.07) is 5.39. The van der Waals surface area contributed by atoms with Gasteiger partial charge in [0.25, 0.3) is 11.5 Å². The SMILES string of the molecule is CCOC(=O)[C@](O)(C(=O)NC=O)c1ccc(Cl)cc1. The Morgan fingerprint density at radius 1 is 1.42 bits per heavy atom. The normalized spacial score (nSPS) is 13.2. The van der Waals surface area contributed by atoms with Crippen molar-refractivity contribution >= 4 is 29.9 Å². The highest BCUT2D eigenvalue weighted by Crippen LogP contribution is 2.25. The Hall–Kier alpha value is -1.92. The zero-order valence-electron chi connectivity index (χ0n) is 10.1. The van der Waals surface area contributed by atoms with Gasteiger partial charge in [0.15, 0.2) is 0 Å². The standard InChI is InChI=1S/C12H12ClNO5/c1-2-19-11(17)12(18,10(16)14-7-15)8-3-5-9(13)6-4-8/h3-7,18H,2H2,1H3,(H,14,15,16)/t12-/m1/s1. The molecular weight excluding hydrogens is 274 g/mol. The minimum atomic E-state index is -2.60. The minimum absolute atomic E-state index is 0.0247. The average Bonchev–Trinajstić information content (AvgIpc) is 2.39. The van der Waals surface area contributed by atoms with Crippen molar-refractivity contribution in [2.45, 2.75) is 12.5 Å². The van der Waals surface area contributed by atoms with Crippen LogP contribution in [-0.4, -0.2) is 30.0 Å². The third-order valence-corrected chi connectivity index (χ3v) is 2.60. The third-order valence-electron chi connectivity index (χ3n) is 2.35. The van der Waals surface area contributed by atoms with Crippen LogP contribution < -0.4 is 5.32 Å². The summed E-state index contributed by atoms with van der Waals surface area (Å²) in [5.41, 5.74) is -2.64. The smallest absolute Gasteiger partial charge is 0.353 e. The van der Waals surface area contributed by atoms with Crippen molar-refractivity contribution in [1.29, 1.82) is 0 Å². The molecule has 0 saturated heterocycles. The number of ether oxygens (including phenoxy) is 1. The summed E-state index contributed by atoms with van der Waals surface area (Å²) in [7, 11) is 0. The molecule has 19 heavy (non-hydrogen) atoms. The number of hydrogen-bond donors (Lipinski definition) is 2. The molecule has 0 saturated carbocycles. The first-order valence-electron chi connectivity index (χ1n) is 5.37. The third kappa shape index (κ3) is 3.10. The fourth-order valence-corrected chi connectivity index (χ4v) is 1.55. The highest BCUT2D eigenvalue weighted by molar-refractivity contribution is 6.30. The molecule has 1 aromatic carbocycles. The summed E-state index contributed by atoms with van der Waals surface area (Å²) in [4.78, 5) is 33.8. The first-order chi connectivity index (χ1) is 8.96. The molecule has 1 atom stereocenters. The Labute approximate surface area is 114 Å². The van der Waals surface area contributed by atoms with E-state index in [1.54, 1.807) is 5.32 Å². The van der Waals surface area contributed by atoms with Crippen molar-refractivity contribution in [3.8, 4) is 0 Å². The second-order valence-electron chi connectivity index (χ2n) is 3.53. The lowest BCUT2D eigenvalue weighted by Gasteiger charge is -2.23. The lowest BCUT2D eigenvalue weighted by Crippen LogP contribution is -2.50. The fourth-order valence-electron chi connectivity index (χ4n) is 1.43. The van der Waals surface area contributed by atoms with Crippen LogP contribution in [0.5, 0.6) is 0 Å². The summed E-state index contributed by atoms with van der Waals surface area (Å²) in [6.45, 7) is 1.50. The van der Waals surface area contributed by atoms with Crippen molar-refractivity contribution in [2.75, 3.05) is 6.61 Å². The summed E-state index contributed by atoms with van der Waals surface area (Å²) in [6.07, 6.45) is 0.0719. The van der Waals surface area contributed by atoms with Crippen LogP contribution >= 0.6 is 11.6 Å². The highest BCUT2D eigenvalue weighted by Gasteiger charge is 2.47. The summed E-state index contributed by atoms with van der Waals surface area (Å²) >= 11 is 5.69. The van der Waals surface area contributed by atoms with Gasteiger partial charge in [0, 0.05) is 10.6 Å². The van der Waals surface area contributed by atoms with Crippen LogP contribution in [0, 0.1) is 0 Å². The maximum atomic E-state index is 11.8. The van der Waals surface area contributed by atoms with Gasteiger partial charge in [0.05, 0.1) is 6.61 Å². The number of nitrogens with one attached hydrogen (secondary N) is 1. The number of aliphatic hydroxyl groups is 1. The molecule has 0 unspecified atom stereocenters. The van der Waals surface area contributed by atoms with E-state index in [1.165, 1.54) is 31.2 Å². The van der Waals surface area contributed by atoms with Gasteiger partial charge in [0.2, 0.25) is 6.41 Å². The second-order valence-corrected chi connectivity index (χ2v) is 3.97. The predicted octanol–water partition coefficient (Wildman–Crippen LogP) is 0.363. The lowest BCUT2D eigenvalue weighted by atomic mass is 9.93. The van der Waals surface area contributed by atoms with Crippen molar-refractivity contribution in [3.05, 3.63) is 34.9 Å². The van der Waals surface area contributed by atoms with Crippen molar-refractivity contribution < 1.29 is 24.2 Å². The Kier molecular flexibility index (Phi) is 5.02. The van der Waals surface area contributed by atoms with Crippen LogP contribution in [0.25, 0.3) is 0 Å². The summed E-state index contributed by atoms with van der Waals surface area (Å²) in [5.74, 6) is -2.36. The zero-order chi connectivity index (χ0) is 14.5. The van der Waals surface area contributed by atoms with Gasteiger partial charge in [-0.25, -0.2) is 4.79 Å². The topological polar surface area (TPSA) is 92.7 Å². The highest BCUT2D eigenvalue weighted by atomic mass is 35.5.